The van der Waals surface area contributed by atoms with Crippen LogP contribution in [-0.2, 0) is 4.79 Å². The second-order valence-corrected chi connectivity index (χ2v) is 3.49. The summed E-state index contributed by atoms with van der Waals surface area (Å²) >= 11 is 0. The van der Waals surface area contributed by atoms with E-state index >= 15 is 0 Å². The first kappa shape index (κ1) is 10.3. The van der Waals surface area contributed by atoms with E-state index in [1.807, 2.05) is 6.07 Å². The zero-order valence-corrected chi connectivity index (χ0v) is 8.67. The highest BCUT2D eigenvalue weighted by molar-refractivity contribution is 6.00. The quantitative estimate of drug-likeness (QED) is 0.714. The minimum absolute atomic E-state index is 0.0235. The molecular formula is C11H10N2O3. The summed E-state index contributed by atoms with van der Waals surface area (Å²) in [7, 11) is 0. The number of anilines is 1. The Bertz CT molecular complexity index is 479. The summed E-state index contributed by atoms with van der Waals surface area (Å²) in [4.78, 5) is 13.1. The van der Waals surface area contributed by atoms with Crippen molar-refractivity contribution in [3.8, 4) is 17.6 Å². The van der Waals surface area contributed by atoms with E-state index in [0.29, 0.717) is 11.4 Å². The molecule has 1 N–H and O–H groups in total. The number of aromatic hydroxyl groups is 1. The van der Waals surface area contributed by atoms with Gasteiger partial charge >= 0.3 is 0 Å². The molecule has 1 atom stereocenters. The maximum Gasteiger partial charge on any atom is 0.268 e. The molecule has 1 amide bonds. The molecule has 0 spiro atoms. The van der Waals surface area contributed by atoms with Crippen LogP contribution in [0, 0.1) is 11.3 Å². The van der Waals surface area contributed by atoms with Crippen LogP contribution in [-0.4, -0.2) is 23.7 Å². The van der Waals surface area contributed by atoms with E-state index in [4.69, 9.17) is 10.00 Å². The molecule has 1 heterocycles. The standard InChI is InChI=1S/C11H10N2O3/c1-7-11(15)13(5-4-12)9-3-2-8(14)6-10(9)16-7/h2-3,6-7,14H,5H2,1H3. The first-order chi connectivity index (χ1) is 7.63. The molecule has 1 aromatic rings. The van der Waals surface area contributed by atoms with Crippen molar-refractivity contribution in [3.05, 3.63) is 18.2 Å². The third kappa shape index (κ3) is 1.54. The van der Waals surface area contributed by atoms with Crippen LogP contribution in [0.3, 0.4) is 0 Å². The van der Waals surface area contributed by atoms with Crippen molar-refractivity contribution in [3.63, 3.8) is 0 Å². The summed E-state index contributed by atoms with van der Waals surface area (Å²) in [6, 6.07) is 6.38. The number of nitriles is 1. The Morgan fingerprint density at radius 2 is 2.38 bits per heavy atom. The number of phenolic OH excluding ortho intramolecular Hbond substituents is 1. The van der Waals surface area contributed by atoms with Crippen molar-refractivity contribution in [2.24, 2.45) is 0 Å². The van der Waals surface area contributed by atoms with Crippen LogP contribution in [0.25, 0.3) is 0 Å². The fourth-order valence-corrected chi connectivity index (χ4v) is 1.63. The van der Waals surface area contributed by atoms with Crippen LogP contribution in [0.1, 0.15) is 6.92 Å². The molecule has 0 saturated carbocycles. The number of rotatable bonds is 1. The molecule has 1 aliphatic heterocycles. The van der Waals surface area contributed by atoms with Crippen LogP contribution in [0.4, 0.5) is 5.69 Å². The number of carbonyl (C=O) groups is 1. The largest absolute Gasteiger partial charge is 0.508 e. The number of carbonyl (C=O) groups excluding carboxylic acids is 1. The smallest absolute Gasteiger partial charge is 0.268 e. The highest BCUT2D eigenvalue weighted by Crippen LogP contribution is 2.36. The van der Waals surface area contributed by atoms with Gasteiger partial charge in [-0.25, -0.2) is 0 Å². The molecule has 1 aliphatic rings. The molecule has 0 saturated heterocycles. The van der Waals surface area contributed by atoms with Crippen LogP contribution in [0.2, 0.25) is 0 Å². The molecule has 5 heteroatoms. The van der Waals surface area contributed by atoms with Gasteiger partial charge in [-0.05, 0) is 19.1 Å². The molecule has 0 radical (unpaired) electrons. The molecule has 1 aromatic carbocycles. The summed E-state index contributed by atoms with van der Waals surface area (Å²) in [5.74, 6) is 0.235. The number of hydrogen-bond acceptors (Lipinski definition) is 4. The SMILES string of the molecule is CC1Oc2cc(O)ccc2N(CC#N)C1=O. The number of hydrogen-bond donors (Lipinski definition) is 1. The van der Waals surface area contributed by atoms with Crippen molar-refractivity contribution in [2.45, 2.75) is 13.0 Å². The fourth-order valence-electron chi connectivity index (χ4n) is 1.63. The Kier molecular flexibility index (Phi) is 2.41. The Morgan fingerprint density at radius 1 is 1.62 bits per heavy atom. The monoisotopic (exact) mass is 218 g/mol. The molecule has 2 rings (SSSR count). The number of fused-ring (bicyclic) bond motifs is 1. The summed E-state index contributed by atoms with van der Waals surface area (Å²) in [6.07, 6.45) is -0.636. The molecular weight excluding hydrogens is 208 g/mol. The van der Waals surface area contributed by atoms with E-state index in [0.717, 1.165) is 0 Å². The number of benzene rings is 1. The minimum atomic E-state index is -0.636. The Labute approximate surface area is 92.5 Å². The summed E-state index contributed by atoms with van der Waals surface area (Å²) in [6.45, 7) is 1.59. The van der Waals surface area contributed by atoms with E-state index in [2.05, 4.69) is 0 Å². The highest BCUT2D eigenvalue weighted by atomic mass is 16.5. The molecule has 5 nitrogen and oxygen atoms in total. The number of phenols is 1. The van der Waals surface area contributed by atoms with Gasteiger partial charge in [0.05, 0.1) is 11.8 Å². The van der Waals surface area contributed by atoms with Crippen LogP contribution in [0.15, 0.2) is 18.2 Å². The van der Waals surface area contributed by atoms with Crippen LogP contribution in [0.5, 0.6) is 11.5 Å². The Balaban J connectivity index is 2.48. The van der Waals surface area contributed by atoms with E-state index in [1.165, 1.54) is 17.0 Å². The summed E-state index contributed by atoms with van der Waals surface area (Å²) < 4.78 is 5.34. The van der Waals surface area contributed by atoms with Gasteiger partial charge in [-0.15, -0.1) is 0 Å². The second kappa shape index (κ2) is 3.74. The highest BCUT2D eigenvalue weighted by Gasteiger charge is 2.31. The van der Waals surface area contributed by atoms with Gasteiger partial charge in [-0.1, -0.05) is 0 Å². The van der Waals surface area contributed by atoms with Crippen molar-refractivity contribution >= 4 is 11.6 Å². The minimum Gasteiger partial charge on any atom is -0.508 e. The van der Waals surface area contributed by atoms with Gasteiger partial charge in [0.25, 0.3) is 5.91 Å². The molecule has 0 fully saturated rings. The average Bonchev–Trinajstić information content (AvgIpc) is 2.24. The predicted molar refractivity (Wildman–Crippen MR) is 56.2 cm³/mol. The lowest BCUT2D eigenvalue weighted by atomic mass is 10.2. The maximum absolute atomic E-state index is 11.8. The number of ether oxygens (including phenoxy) is 1. The third-order valence-corrected chi connectivity index (χ3v) is 2.38. The average molecular weight is 218 g/mol. The summed E-state index contributed by atoms with van der Waals surface area (Å²) in [5, 5.41) is 18.0. The van der Waals surface area contributed by atoms with Gasteiger partial charge in [0.1, 0.15) is 18.0 Å². The van der Waals surface area contributed by atoms with Gasteiger partial charge in [0, 0.05) is 6.07 Å². The number of nitrogens with zero attached hydrogens (tertiary/aromatic N) is 2. The zero-order chi connectivity index (χ0) is 11.7. The molecule has 1 unspecified atom stereocenters. The van der Waals surface area contributed by atoms with Crippen LogP contribution >= 0.6 is 0 Å². The van der Waals surface area contributed by atoms with Gasteiger partial charge in [0.15, 0.2) is 6.10 Å². The van der Waals surface area contributed by atoms with Gasteiger partial charge < -0.3 is 9.84 Å². The summed E-state index contributed by atoms with van der Waals surface area (Å²) in [5.41, 5.74) is 0.516. The lowest BCUT2D eigenvalue weighted by molar-refractivity contribution is -0.125. The molecule has 0 aromatic heterocycles. The first-order valence-corrected chi connectivity index (χ1v) is 4.81. The molecule has 82 valence electrons. The van der Waals surface area contributed by atoms with E-state index < -0.39 is 6.10 Å². The van der Waals surface area contributed by atoms with Crippen molar-refractivity contribution in [1.82, 2.24) is 0 Å². The van der Waals surface area contributed by atoms with E-state index in [-0.39, 0.29) is 18.2 Å². The Hall–Kier alpha value is -2.22. The molecule has 16 heavy (non-hydrogen) atoms. The fraction of sp³-hybridized carbons (Fsp3) is 0.273. The zero-order valence-electron chi connectivity index (χ0n) is 8.67. The topological polar surface area (TPSA) is 73.6 Å². The number of amides is 1. The second-order valence-electron chi connectivity index (χ2n) is 3.49. The predicted octanol–water partition coefficient (Wildman–Crippen LogP) is 1.03. The molecule has 0 bridgehead atoms. The normalized spacial score (nSPS) is 18.6. The van der Waals surface area contributed by atoms with Gasteiger partial charge in [0.2, 0.25) is 0 Å². The van der Waals surface area contributed by atoms with Crippen molar-refractivity contribution < 1.29 is 14.6 Å². The first-order valence-electron chi connectivity index (χ1n) is 4.81. The maximum atomic E-state index is 11.8. The van der Waals surface area contributed by atoms with Gasteiger partial charge in [-0.2, -0.15) is 5.26 Å². The van der Waals surface area contributed by atoms with Gasteiger partial charge in [-0.3, -0.25) is 9.69 Å². The van der Waals surface area contributed by atoms with Crippen molar-refractivity contribution in [2.75, 3.05) is 11.4 Å². The van der Waals surface area contributed by atoms with Crippen molar-refractivity contribution in [1.29, 1.82) is 5.26 Å². The lowest BCUT2D eigenvalue weighted by Crippen LogP contribution is -2.44. The van der Waals surface area contributed by atoms with Crippen LogP contribution < -0.4 is 9.64 Å². The Morgan fingerprint density at radius 3 is 3.06 bits per heavy atom. The lowest BCUT2D eigenvalue weighted by Gasteiger charge is -2.31. The van der Waals surface area contributed by atoms with E-state index in [1.54, 1.807) is 13.0 Å². The molecule has 0 aliphatic carbocycles. The third-order valence-electron chi connectivity index (χ3n) is 2.38. The van der Waals surface area contributed by atoms with E-state index in [9.17, 15) is 9.90 Å².